The quantitative estimate of drug-likeness (QED) is 0.658. The minimum atomic E-state index is -0.465. The van der Waals surface area contributed by atoms with Gasteiger partial charge >= 0.3 is 12.1 Å². The fourth-order valence-corrected chi connectivity index (χ4v) is 1.10. The van der Waals surface area contributed by atoms with Crippen LogP contribution in [0, 0.1) is 11.8 Å². The van der Waals surface area contributed by atoms with Crippen LogP contribution >= 0.6 is 0 Å². The zero-order chi connectivity index (χ0) is 14.1. The van der Waals surface area contributed by atoms with Crippen molar-refractivity contribution in [1.29, 1.82) is 0 Å². The number of rotatable bonds is 7. The lowest BCUT2D eigenvalue weighted by molar-refractivity contribution is -0.145. The summed E-state index contributed by atoms with van der Waals surface area (Å²) >= 11 is 0. The Bertz CT molecular complexity index is 264. The number of carbonyl (C=O) groups is 2. The standard InChI is InChI=1S/C13H25NO4/c1-6-14(13(16)18-9-11(4)5)7-12(15)17-8-10(2)3/h10-11H,6-9H2,1-5H3. The Morgan fingerprint density at radius 1 is 1.00 bits per heavy atom. The molecule has 0 saturated carbocycles. The number of nitrogens with zero attached hydrogens (tertiary/aromatic N) is 1. The van der Waals surface area contributed by atoms with E-state index < -0.39 is 12.1 Å². The summed E-state index contributed by atoms with van der Waals surface area (Å²) in [4.78, 5) is 24.5. The van der Waals surface area contributed by atoms with Crippen LogP contribution in [0.1, 0.15) is 34.6 Å². The summed E-state index contributed by atoms with van der Waals surface area (Å²) in [5.74, 6) is 0.171. The van der Waals surface area contributed by atoms with Crippen LogP contribution < -0.4 is 0 Å². The maximum Gasteiger partial charge on any atom is 0.410 e. The van der Waals surface area contributed by atoms with Gasteiger partial charge in [-0.1, -0.05) is 27.7 Å². The van der Waals surface area contributed by atoms with Gasteiger partial charge in [0.05, 0.1) is 13.2 Å². The van der Waals surface area contributed by atoms with Crippen LogP contribution in [0.5, 0.6) is 0 Å². The predicted molar refractivity (Wildman–Crippen MR) is 69.2 cm³/mol. The average molecular weight is 259 g/mol. The van der Waals surface area contributed by atoms with Gasteiger partial charge in [0, 0.05) is 6.54 Å². The molecule has 0 aliphatic heterocycles. The van der Waals surface area contributed by atoms with E-state index in [-0.39, 0.29) is 18.4 Å². The summed E-state index contributed by atoms with van der Waals surface area (Å²) in [5.41, 5.74) is 0. The zero-order valence-corrected chi connectivity index (χ0v) is 12.1. The second-order valence-electron chi connectivity index (χ2n) is 5.06. The monoisotopic (exact) mass is 259 g/mol. The van der Waals surface area contributed by atoms with Gasteiger partial charge in [0.2, 0.25) is 0 Å². The molecular weight excluding hydrogens is 234 g/mol. The first-order valence-electron chi connectivity index (χ1n) is 6.44. The molecule has 0 unspecified atom stereocenters. The summed E-state index contributed by atoms with van der Waals surface area (Å²) in [7, 11) is 0. The fraction of sp³-hybridized carbons (Fsp3) is 0.846. The van der Waals surface area contributed by atoms with Gasteiger partial charge in [0.25, 0.3) is 0 Å². The first kappa shape index (κ1) is 16.7. The second kappa shape index (κ2) is 8.78. The van der Waals surface area contributed by atoms with E-state index in [9.17, 15) is 9.59 Å². The molecule has 0 aromatic rings. The molecule has 0 fully saturated rings. The van der Waals surface area contributed by atoms with Crippen LogP contribution in [0.3, 0.4) is 0 Å². The van der Waals surface area contributed by atoms with E-state index in [0.29, 0.717) is 19.8 Å². The van der Waals surface area contributed by atoms with Crippen molar-refractivity contribution in [3.63, 3.8) is 0 Å². The van der Waals surface area contributed by atoms with Crippen molar-refractivity contribution in [2.45, 2.75) is 34.6 Å². The molecule has 18 heavy (non-hydrogen) atoms. The van der Waals surface area contributed by atoms with Crippen LogP contribution in [0.4, 0.5) is 4.79 Å². The first-order chi connectivity index (χ1) is 8.36. The van der Waals surface area contributed by atoms with E-state index in [1.54, 1.807) is 6.92 Å². The molecule has 1 amide bonds. The normalized spacial score (nSPS) is 10.6. The Morgan fingerprint density at radius 3 is 1.94 bits per heavy atom. The van der Waals surface area contributed by atoms with E-state index in [1.165, 1.54) is 4.90 Å². The third-order valence-electron chi connectivity index (χ3n) is 2.08. The van der Waals surface area contributed by atoms with Gasteiger partial charge in [-0.05, 0) is 18.8 Å². The summed E-state index contributed by atoms with van der Waals surface area (Å²) in [6.07, 6.45) is -0.465. The highest BCUT2D eigenvalue weighted by molar-refractivity contribution is 5.78. The summed E-state index contributed by atoms with van der Waals surface area (Å²) in [6, 6.07) is 0. The van der Waals surface area contributed by atoms with E-state index in [1.807, 2.05) is 27.7 Å². The molecule has 0 heterocycles. The van der Waals surface area contributed by atoms with E-state index >= 15 is 0 Å². The maximum atomic E-state index is 11.6. The van der Waals surface area contributed by atoms with Gasteiger partial charge in [-0.3, -0.25) is 9.69 Å². The van der Waals surface area contributed by atoms with Crippen LogP contribution in [0.25, 0.3) is 0 Å². The SMILES string of the molecule is CCN(CC(=O)OCC(C)C)C(=O)OCC(C)C. The molecule has 0 rings (SSSR count). The van der Waals surface area contributed by atoms with Gasteiger partial charge in [0.1, 0.15) is 6.54 Å². The minimum Gasteiger partial charge on any atom is -0.464 e. The van der Waals surface area contributed by atoms with E-state index in [0.717, 1.165) is 0 Å². The largest absolute Gasteiger partial charge is 0.464 e. The molecule has 0 N–H and O–H groups in total. The summed E-state index contributed by atoms with van der Waals surface area (Å²) in [6.45, 7) is 10.7. The lowest BCUT2D eigenvalue weighted by atomic mass is 10.2. The smallest absolute Gasteiger partial charge is 0.410 e. The van der Waals surface area contributed by atoms with Crippen LogP contribution in [-0.4, -0.2) is 43.3 Å². The Kier molecular flexibility index (Phi) is 8.16. The Hall–Kier alpha value is -1.26. The molecular formula is C13H25NO4. The Labute approximate surface area is 109 Å². The number of amides is 1. The minimum absolute atomic E-state index is 0.0554. The van der Waals surface area contributed by atoms with Gasteiger partial charge < -0.3 is 9.47 Å². The number of hydrogen-bond acceptors (Lipinski definition) is 4. The Morgan fingerprint density at radius 2 is 1.50 bits per heavy atom. The number of carbonyl (C=O) groups excluding carboxylic acids is 2. The molecule has 0 aliphatic rings. The van der Waals surface area contributed by atoms with Gasteiger partial charge in [-0.15, -0.1) is 0 Å². The molecule has 0 radical (unpaired) electrons. The number of likely N-dealkylation sites (N-methyl/N-ethyl adjacent to an activating group) is 1. The fourth-order valence-electron chi connectivity index (χ4n) is 1.10. The van der Waals surface area contributed by atoms with Crippen molar-refractivity contribution in [2.24, 2.45) is 11.8 Å². The van der Waals surface area contributed by atoms with Gasteiger partial charge in [-0.2, -0.15) is 0 Å². The highest BCUT2D eigenvalue weighted by atomic mass is 16.6. The number of ether oxygens (including phenoxy) is 2. The van der Waals surface area contributed by atoms with Crippen LogP contribution in [-0.2, 0) is 14.3 Å². The third kappa shape index (κ3) is 7.92. The van der Waals surface area contributed by atoms with Crippen molar-refractivity contribution < 1.29 is 19.1 Å². The lowest BCUT2D eigenvalue weighted by Gasteiger charge is -2.20. The predicted octanol–water partition coefficient (Wildman–Crippen LogP) is 2.30. The second-order valence-corrected chi connectivity index (χ2v) is 5.06. The van der Waals surface area contributed by atoms with E-state index in [4.69, 9.17) is 9.47 Å². The zero-order valence-electron chi connectivity index (χ0n) is 12.1. The summed E-state index contributed by atoms with van der Waals surface area (Å²) < 4.78 is 10.1. The molecule has 5 nitrogen and oxygen atoms in total. The molecule has 0 aromatic carbocycles. The first-order valence-corrected chi connectivity index (χ1v) is 6.44. The van der Waals surface area contributed by atoms with E-state index in [2.05, 4.69) is 0 Å². The number of hydrogen-bond donors (Lipinski definition) is 0. The molecule has 0 aromatic heterocycles. The third-order valence-corrected chi connectivity index (χ3v) is 2.08. The molecule has 0 spiro atoms. The molecule has 0 atom stereocenters. The van der Waals surface area contributed by atoms with Crippen molar-refractivity contribution in [3.05, 3.63) is 0 Å². The summed E-state index contributed by atoms with van der Waals surface area (Å²) in [5, 5.41) is 0. The van der Waals surface area contributed by atoms with Crippen molar-refractivity contribution in [1.82, 2.24) is 4.90 Å². The van der Waals surface area contributed by atoms with Crippen molar-refractivity contribution in [3.8, 4) is 0 Å². The average Bonchev–Trinajstić information content (AvgIpc) is 2.30. The topological polar surface area (TPSA) is 55.8 Å². The Balaban J connectivity index is 4.08. The molecule has 106 valence electrons. The maximum absolute atomic E-state index is 11.6. The van der Waals surface area contributed by atoms with Crippen molar-refractivity contribution in [2.75, 3.05) is 26.3 Å². The number of esters is 1. The van der Waals surface area contributed by atoms with Gasteiger partial charge in [-0.25, -0.2) is 4.79 Å². The highest BCUT2D eigenvalue weighted by Crippen LogP contribution is 2.00. The van der Waals surface area contributed by atoms with Crippen LogP contribution in [0.15, 0.2) is 0 Å². The molecule has 0 saturated heterocycles. The molecule has 0 bridgehead atoms. The molecule has 0 aliphatic carbocycles. The lowest BCUT2D eigenvalue weighted by Crippen LogP contribution is -2.37. The van der Waals surface area contributed by atoms with Crippen LogP contribution in [0.2, 0.25) is 0 Å². The highest BCUT2D eigenvalue weighted by Gasteiger charge is 2.18. The van der Waals surface area contributed by atoms with Gasteiger partial charge in [0.15, 0.2) is 0 Å². The molecule has 5 heteroatoms. The van der Waals surface area contributed by atoms with Crippen molar-refractivity contribution >= 4 is 12.1 Å².